The SMILES string of the molecule is O=c1cc(-c2ccc(-c3ccccc3)cc2)oc2cccc(O)c12. The normalized spacial score (nSPS) is 10.8. The van der Waals surface area contributed by atoms with E-state index in [4.69, 9.17) is 4.42 Å². The largest absolute Gasteiger partial charge is 0.507 e. The van der Waals surface area contributed by atoms with Crippen molar-refractivity contribution in [3.8, 4) is 28.2 Å². The lowest BCUT2D eigenvalue weighted by atomic mass is 10.0. The minimum absolute atomic E-state index is 0.0628. The monoisotopic (exact) mass is 314 g/mol. The van der Waals surface area contributed by atoms with Crippen LogP contribution in [-0.4, -0.2) is 5.11 Å². The van der Waals surface area contributed by atoms with Crippen LogP contribution in [0, 0.1) is 0 Å². The Kier molecular flexibility index (Phi) is 3.39. The van der Waals surface area contributed by atoms with Gasteiger partial charge in [0.2, 0.25) is 0 Å². The quantitative estimate of drug-likeness (QED) is 0.576. The molecular weight excluding hydrogens is 300 g/mol. The molecule has 1 aromatic heterocycles. The van der Waals surface area contributed by atoms with Gasteiger partial charge in [-0.25, -0.2) is 0 Å². The van der Waals surface area contributed by atoms with Crippen LogP contribution >= 0.6 is 0 Å². The number of aromatic hydroxyl groups is 1. The highest BCUT2D eigenvalue weighted by Gasteiger charge is 2.10. The molecule has 1 N–H and O–H groups in total. The summed E-state index contributed by atoms with van der Waals surface area (Å²) < 4.78 is 5.80. The van der Waals surface area contributed by atoms with Gasteiger partial charge in [-0.3, -0.25) is 4.79 Å². The predicted molar refractivity (Wildman–Crippen MR) is 95.0 cm³/mol. The molecule has 0 amide bonds. The third-order valence-electron chi connectivity index (χ3n) is 4.01. The van der Waals surface area contributed by atoms with E-state index >= 15 is 0 Å². The summed E-state index contributed by atoms with van der Waals surface area (Å²) in [4.78, 5) is 12.3. The molecular formula is C21H14O3. The second-order valence-corrected chi connectivity index (χ2v) is 5.57. The fraction of sp³-hybridized carbons (Fsp3) is 0. The molecule has 0 fully saturated rings. The third-order valence-corrected chi connectivity index (χ3v) is 4.01. The predicted octanol–water partition coefficient (Wildman–Crippen LogP) is 4.83. The molecule has 1 heterocycles. The lowest BCUT2D eigenvalue weighted by molar-refractivity contribution is 0.479. The smallest absolute Gasteiger partial charge is 0.197 e. The van der Waals surface area contributed by atoms with E-state index in [9.17, 15) is 9.90 Å². The number of phenols is 1. The van der Waals surface area contributed by atoms with E-state index in [1.165, 1.54) is 12.1 Å². The maximum atomic E-state index is 12.3. The molecule has 3 nitrogen and oxygen atoms in total. The zero-order chi connectivity index (χ0) is 16.5. The second kappa shape index (κ2) is 5.70. The molecule has 0 bridgehead atoms. The van der Waals surface area contributed by atoms with Crippen LogP contribution in [0.1, 0.15) is 0 Å². The molecule has 0 radical (unpaired) electrons. The highest BCUT2D eigenvalue weighted by Crippen LogP contribution is 2.28. The van der Waals surface area contributed by atoms with Gasteiger partial charge >= 0.3 is 0 Å². The summed E-state index contributed by atoms with van der Waals surface area (Å²) in [6.45, 7) is 0. The van der Waals surface area contributed by atoms with Crippen molar-refractivity contribution in [2.75, 3.05) is 0 Å². The highest BCUT2D eigenvalue weighted by atomic mass is 16.3. The molecule has 0 saturated carbocycles. The topological polar surface area (TPSA) is 50.4 Å². The van der Waals surface area contributed by atoms with Crippen molar-refractivity contribution < 1.29 is 9.52 Å². The molecule has 116 valence electrons. The van der Waals surface area contributed by atoms with Gasteiger partial charge in [-0.1, -0.05) is 60.7 Å². The van der Waals surface area contributed by atoms with Gasteiger partial charge in [0.05, 0.1) is 0 Å². The first kappa shape index (κ1) is 14.3. The Bertz CT molecular complexity index is 1060. The Balaban J connectivity index is 1.79. The Morgan fingerprint density at radius 2 is 1.38 bits per heavy atom. The third kappa shape index (κ3) is 2.46. The van der Waals surface area contributed by atoms with Crippen LogP contribution in [0.25, 0.3) is 33.4 Å². The number of rotatable bonds is 2. The van der Waals surface area contributed by atoms with Crippen molar-refractivity contribution in [1.29, 1.82) is 0 Å². The first-order chi connectivity index (χ1) is 11.7. The van der Waals surface area contributed by atoms with Crippen molar-refractivity contribution in [3.05, 3.63) is 89.1 Å². The van der Waals surface area contributed by atoms with Crippen LogP contribution in [-0.2, 0) is 0 Å². The van der Waals surface area contributed by atoms with Gasteiger partial charge in [0.1, 0.15) is 22.5 Å². The molecule has 0 unspecified atom stereocenters. The first-order valence-corrected chi connectivity index (χ1v) is 7.64. The molecule has 0 saturated heterocycles. The van der Waals surface area contributed by atoms with Gasteiger partial charge < -0.3 is 9.52 Å². The standard InChI is InChI=1S/C21H14O3/c22-17-7-4-8-19-21(17)18(23)13-20(24-19)16-11-9-15(10-12-16)14-5-2-1-3-6-14/h1-13,22H. The van der Waals surface area contributed by atoms with Crippen LogP contribution in [0.5, 0.6) is 5.75 Å². The molecule has 4 aromatic rings. The zero-order valence-corrected chi connectivity index (χ0v) is 12.8. The summed E-state index contributed by atoms with van der Waals surface area (Å²) in [6, 6.07) is 24.2. The van der Waals surface area contributed by atoms with Crippen LogP contribution < -0.4 is 5.43 Å². The lowest BCUT2D eigenvalue weighted by Gasteiger charge is -2.06. The van der Waals surface area contributed by atoms with E-state index in [1.807, 2.05) is 54.6 Å². The lowest BCUT2D eigenvalue weighted by Crippen LogP contribution is -2.00. The molecule has 0 aliphatic heterocycles. The van der Waals surface area contributed by atoms with Crippen LogP contribution in [0.3, 0.4) is 0 Å². The van der Waals surface area contributed by atoms with E-state index in [2.05, 4.69) is 0 Å². The van der Waals surface area contributed by atoms with Gasteiger partial charge in [-0.05, 0) is 23.3 Å². The van der Waals surface area contributed by atoms with Crippen molar-refractivity contribution in [1.82, 2.24) is 0 Å². The molecule has 0 atom stereocenters. The Hall–Kier alpha value is -3.33. The molecule has 0 spiro atoms. The molecule has 3 heteroatoms. The number of hydrogen-bond donors (Lipinski definition) is 1. The average molecular weight is 314 g/mol. The second-order valence-electron chi connectivity index (χ2n) is 5.57. The Morgan fingerprint density at radius 1 is 0.708 bits per heavy atom. The summed E-state index contributed by atoms with van der Waals surface area (Å²) in [5, 5.41) is 10.0. The molecule has 3 aromatic carbocycles. The minimum atomic E-state index is -0.253. The van der Waals surface area contributed by atoms with Gasteiger partial charge in [-0.2, -0.15) is 0 Å². The Morgan fingerprint density at radius 3 is 2.12 bits per heavy atom. The van der Waals surface area contributed by atoms with Crippen LogP contribution in [0.2, 0.25) is 0 Å². The van der Waals surface area contributed by atoms with Crippen molar-refractivity contribution in [2.24, 2.45) is 0 Å². The average Bonchev–Trinajstić information content (AvgIpc) is 2.62. The number of phenolic OH excluding ortho intramolecular Hbond substituents is 1. The molecule has 4 rings (SSSR count). The number of hydrogen-bond acceptors (Lipinski definition) is 3. The summed E-state index contributed by atoms with van der Waals surface area (Å²) >= 11 is 0. The maximum absolute atomic E-state index is 12.3. The zero-order valence-electron chi connectivity index (χ0n) is 12.8. The fourth-order valence-electron chi connectivity index (χ4n) is 2.79. The van der Waals surface area contributed by atoms with E-state index in [1.54, 1.807) is 12.1 Å². The van der Waals surface area contributed by atoms with E-state index in [-0.39, 0.29) is 16.6 Å². The Labute approximate surface area is 138 Å². The number of benzene rings is 3. The van der Waals surface area contributed by atoms with Crippen molar-refractivity contribution in [3.63, 3.8) is 0 Å². The molecule has 0 aliphatic carbocycles. The fourth-order valence-corrected chi connectivity index (χ4v) is 2.79. The number of fused-ring (bicyclic) bond motifs is 1. The summed E-state index contributed by atoms with van der Waals surface area (Å²) in [5.41, 5.74) is 3.17. The summed E-state index contributed by atoms with van der Waals surface area (Å²) in [6.07, 6.45) is 0. The summed E-state index contributed by atoms with van der Waals surface area (Å²) in [5.74, 6) is 0.421. The minimum Gasteiger partial charge on any atom is -0.507 e. The highest BCUT2D eigenvalue weighted by molar-refractivity contribution is 5.84. The van der Waals surface area contributed by atoms with Crippen molar-refractivity contribution in [2.45, 2.75) is 0 Å². The maximum Gasteiger partial charge on any atom is 0.197 e. The van der Waals surface area contributed by atoms with Gasteiger partial charge in [0.15, 0.2) is 5.43 Å². The van der Waals surface area contributed by atoms with E-state index in [0.29, 0.717) is 11.3 Å². The summed E-state index contributed by atoms with van der Waals surface area (Å²) in [7, 11) is 0. The van der Waals surface area contributed by atoms with Crippen molar-refractivity contribution >= 4 is 11.0 Å². The van der Waals surface area contributed by atoms with Gasteiger partial charge in [-0.15, -0.1) is 0 Å². The van der Waals surface area contributed by atoms with E-state index < -0.39 is 0 Å². The van der Waals surface area contributed by atoms with Gasteiger partial charge in [0, 0.05) is 11.6 Å². The first-order valence-electron chi connectivity index (χ1n) is 7.64. The molecule has 24 heavy (non-hydrogen) atoms. The van der Waals surface area contributed by atoms with Gasteiger partial charge in [0.25, 0.3) is 0 Å². The van der Waals surface area contributed by atoms with Crippen LogP contribution in [0.4, 0.5) is 0 Å². The van der Waals surface area contributed by atoms with Crippen LogP contribution in [0.15, 0.2) is 88.1 Å². The molecule has 0 aliphatic rings. The van der Waals surface area contributed by atoms with E-state index in [0.717, 1.165) is 16.7 Å².